The molecule has 0 rings (SSSR count). The van der Waals surface area contributed by atoms with Crippen molar-refractivity contribution in [3.8, 4) is 0 Å². The Morgan fingerprint density at radius 2 is 1.11 bits per heavy atom. The summed E-state index contributed by atoms with van der Waals surface area (Å²) in [5.74, 6) is 0. The molecule has 0 aromatic carbocycles. The summed E-state index contributed by atoms with van der Waals surface area (Å²) in [4.78, 5) is 0. The summed E-state index contributed by atoms with van der Waals surface area (Å²) in [5.41, 5.74) is -0.549. The van der Waals surface area contributed by atoms with Crippen molar-refractivity contribution in [2.45, 2.75) is 110 Å². The van der Waals surface area contributed by atoms with Gasteiger partial charge in [-0.3, -0.25) is 0 Å². The molecule has 0 spiro atoms. The fourth-order valence-electron chi connectivity index (χ4n) is 3.33. The molecular formula is C23H44O4Si. The van der Waals surface area contributed by atoms with Crippen LogP contribution in [0.5, 0.6) is 0 Å². The fourth-order valence-corrected chi connectivity index (χ4v) is 4.02. The first-order valence-corrected chi connectivity index (χ1v) is 11.9. The second-order valence-corrected chi connectivity index (χ2v) is 7.34. The quantitative estimate of drug-likeness (QED) is 0.231. The molecule has 5 heteroatoms. The Morgan fingerprint density at radius 1 is 0.679 bits per heavy atom. The van der Waals surface area contributed by atoms with Crippen LogP contribution in [-0.4, -0.2) is 34.4 Å². The van der Waals surface area contributed by atoms with Crippen molar-refractivity contribution in [1.29, 1.82) is 0 Å². The second kappa shape index (κ2) is 16.7. The molecule has 3 unspecified atom stereocenters. The van der Waals surface area contributed by atoms with Gasteiger partial charge in [-0.15, -0.1) is 0 Å². The molecule has 0 aliphatic rings. The molecule has 28 heavy (non-hydrogen) atoms. The smallest absolute Gasteiger partial charge is 0.147 e. The maximum absolute atomic E-state index is 6.36. The molecule has 0 aliphatic carbocycles. The lowest BCUT2D eigenvalue weighted by molar-refractivity contribution is -0.152. The SMILES string of the molecule is CCC=COC(CC)CC(O[SiH3])(C(CC)OC=CCC)C(CC)OC=CCC. The highest BCUT2D eigenvalue weighted by molar-refractivity contribution is 5.98. The van der Waals surface area contributed by atoms with E-state index in [-0.39, 0.29) is 18.3 Å². The molecule has 0 aromatic heterocycles. The zero-order valence-electron chi connectivity index (χ0n) is 19.3. The molecule has 4 nitrogen and oxygen atoms in total. The average Bonchev–Trinajstić information content (AvgIpc) is 2.72. The minimum atomic E-state index is -0.549. The molecule has 0 amide bonds. The Bertz CT molecular complexity index is 424. The lowest BCUT2D eigenvalue weighted by atomic mass is 9.81. The highest BCUT2D eigenvalue weighted by Crippen LogP contribution is 2.35. The monoisotopic (exact) mass is 412 g/mol. The van der Waals surface area contributed by atoms with Crippen molar-refractivity contribution in [3.63, 3.8) is 0 Å². The molecule has 0 fully saturated rings. The van der Waals surface area contributed by atoms with Gasteiger partial charge in [0, 0.05) is 6.42 Å². The summed E-state index contributed by atoms with van der Waals surface area (Å²) < 4.78 is 24.8. The van der Waals surface area contributed by atoms with E-state index in [4.69, 9.17) is 18.6 Å². The zero-order valence-corrected chi connectivity index (χ0v) is 21.3. The van der Waals surface area contributed by atoms with E-state index in [0.717, 1.165) is 44.9 Å². The molecular weight excluding hydrogens is 368 g/mol. The van der Waals surface area contributed by atoms with Gasteiger partial charge in [0.2, 0.25) is 0 Å². The molecule has 0 aliphatic heterocycles. The van der Waals surface area contributed by atoms with Gasteiger partial charge in [0.05, 0.1) is 18.8 Å². The highest BCUT2D eigenvalue weighted by atomic mass is 28.2. The lowest BCUT2D eigenvalue weighted by Crippen LogP contribution is -2.56. The predicted molar refractivity (Wildman–Crippen MR) is 122 cm³/mol. The van der Waals surface area contributed by atoms with Gasteiger partial charge in [0.1, 0.15) is 34.4 Å². The van der Waals surface area contributed by atoms with Crippen molar-refractivity contribution < 1.29 is 18.6 Å². The van der Waals surface area contributed by atoms with E-state index in [2.05, 4.69) is 41.5 Å². The van der Waals surface area contributed by atoms with Crippen LogP contribution in [0.25, 0.3) is 0 Å². The van der Waals surface area contributed by atoms with Crippen LogP contribution in [0.3, 0.4) is 0 Å². The van der Waals surface area contributed by atoms with Crippen molar-refractivity contribution in [3.05, 3.63) is 37.0 Å². The van der Waals surface area contributed by atoms with Crippen LogP contribution >= 0.6 is 0 Å². The van der Waals surface area contributed by atoms with Crippen molar-refractivity contribution in [1.82, 2.24) is 0 Å². The number of ether oxygens (including phenoxy) is 3. The standard InChI is InChI=1S/C23H44O4Si/c1-7-13-16-24-20(10-4)19-23(27-28,21(11-5)25-17-14-8-2)22(12-6)26-18-15-9-3/h13-18,20-22H,7-12,19H2,1-6,28H3. The van der Waals surface area contributed by atoms with Crippen LogP contribution in [0.15, 0.2) is 37.0 Å². The van der Waals surface area contributed by atoms with Crippen molar-refractivity contribution in [2.24, 2.45) is 0 Å². The lowest BCUT2D eigenvalue weighted by Gasteiger charge is -2.45. The van der Waals surface area contributed by atoms with Crippen molar-refractivity contribution in [2.75, 3.05) is 0 Å². The molecule has 0 saturated heterocycles. The van der Waals surface area contributed by atoms with Gasteiger partial charge in [0.25, 0.3) is 0 Å². The number of rotatable bonds is 17. The van der Waals surface area contributed by atoms with Gasteiger partial charge in [-0.25, -0.2) is 0 Å². The zero-order chi connectivity index (χ0) is 21.3. The van der Waals surface area contributed by atoms with E-state index >= 15 is 0 Å². The average molecular weight is 413 g/mol. The summed E-state index contributed by atoms with van der Waals surface area (Å²) in [6.45, 7) is 12.8. The maximum Gasteiger partial charge on any atom is 0.147 e. The number of allylic oxidation sites excluding steroid dienone is 3. The molecule has 0 aromatic rings. The molecule has 0 heterocycles. The largest absolute Gasteiger partial charge is 0.498 e. The Balaban J connectivity index is 5.84. The van der Waals surface area contributed by atoms with E-state index in [1.54, 1.807) is 0 Å². The third-order valence-electron chi connectivity index (χ3n) is 4.97. The van der Waals surface area contributed by atoms with E-state index in [1.807, 2.05) is 37.0 Å². The van der Waals surface area contributed by atoms with E-state index in [0.29, 0.717) is 10.5 Å². The normalized spacial score (nSPS) is 17.8. The van der Waals surface area contributed by atoms with Crippen LogP contribution in [0.2, 0.25) is 0 Å². The molecule has 0 N–H and O–H groups in total. The molecule has 164 valence electrons. The summed E-state index contributed by atoms with van der Waals surface area (Å²) >= 11 is 0. The minimum absolute atomic E-state index is 0.0531. The summed E-state index contributed by atoms with van der Waals surface area (Å²) in [6.07, 6.45) is 17.6. The second-order valence-electron chi connectivity index (χ2n) is 6.94. The summed E-state index contributed by atoms with van der Waals surface area (Å²) in [6, 6.07) is 0. The third-order valence-corrected chi connectivity index (χ3v) is 5.73. The Kier molecular flexibility index (Phi) is 16.0. The first kappa shape index (κ1) is 26.8. The Hall–Kier alpha value is -1.20. The fraction of sp³-hybridized carbons (Fsp3) is 0.739. The Labute approximate surface area is 176 Å². The predicted octanol–water partition coefficient (Wildman–Crippen LogP) is 5.57. The van der Waals surface area contributed by atoms with Gasteiger partial charge >= 0.3 is 0 Å². The van der Waals surface area contributed by atoms with Gasteiger partial charge < -0.3 is 18.6 Å². The van der Waals surface area contributed by atoms with Crippen LogP contribution in [0, 0.1) is 0 Å². The number of hydrogen-bond donors (Lipinski definition) is 0. The highest BCUT2D eigenvalue weighted by Gasteiger charge is 2.48. The van der Waals surface area contributed by atoms with Gasteiger partial charge in [-0.1, -0.05) is 59.8 Å². The van der Waals surface area contributed by atoms with Crippen LogP contribution in [-0.2, 0) is 18.6 Å². The molecule has 0 radical (unpaired) electrons. The topological polar surface area (TPSA) is 36.9 Å². The van der Waals surface area contributed by atoms with Gasteiger partial charge in [-0.05, 0) is 38.5 Å². The van der Waals surface area contributed by atoms with E-state index < -0.39 is 5.60 Å². The third kappa shape index (κ3) is 8.87. The van der Waals surface area contributed by atoms with Crippen LogP contribution < -0.4 is 0 Å². The molecule has 0 bridgehead atoms. The minimum Gasteiger partial charge on any atom is -0.498 e. The maximum atomic E-state index is 6.36. The molecule has 0 saturated carbocycles. The van der Waals surface area contributed by atoms with E-state index in [9.17, 15) is 0 Å². The summed E-state index contributed by atoms with van der Waals surface area (Å²) in [7, 11) is 0.602. The number of hydrogen-bond acceptors (Lipinski definition) is 4. The first-order valence-electron chi connectivity index (χ1n) is 11.1. The Morgan fingerprint density at radius 3 is 1.43 bits per heavy atom. The molecule has 3 atom stereocenters. The first-order chi connectivity index (χ1) is 13.6. The van der Waals surface area contributed by atoms with Gasteiger partial charge in [-0.2, -0.15) is 0 Å². The van der Waals surface area contributed by atoms with Gasteiger partial charge in [0.15, 0.2) is 0 Å². The van der Waals surface area contributed by atoms with Crippen LogP contribution in [0.1, 0.15) is 86.5 Å². The van der Waals surface area contributed by atoms with E-state index in [1.165, 1.54) is 0 Å². The summed E-state index contributed by atoms with van der Waals surface area (Å²) in [5, 5.41) is 0. The van der Waals surface area contributed by atoms with Crippen LogP contribution in [0.4, 0.5) is 0 Å². The van der Waals surface area contributed by atoms with Crippen molar-refractivity contribution >= 4 is 10.5 Å².